The third-order valence-electron chi connectivity index (χ3n) is 3.12. The summed E-state index contributed by atoms with van der Waals surface area (Å²) in [4.78, 5) is 4.56. The molecular weight excluding hydrogens is 350 g/mol. The maximum Gasteiger partial charge on any atom is 0.242 e. The van der Waals surface area contributed by atoms with Crippen molar-refractivity contribution in [2.45, 2.75) is 79.1 Å². The molecule has 0 saturated heterocycles. The number of hydrogen-bond acceptors (Lipinski definition) is 4. The lowest BCUT2D eigenvalue weighted by Gasteiger charge is -2.27. The van der Waals surface area contributed by atoms with Gasteiger partial charge in [-0.05, 0) is 65.8 Å². The predicted octanol–water partition coefficient (Wildman–Crippen LogP) is 5.31. The summed E-state index contributed by atoms with van der Waals surface area (Å²) >= 11 is 0. The molecule has 1 heterocycles. The molecule has 7 heteroatoms. The molecule has 0 aliphatic carbocycles. The van der Waals surface area contributed by atoms with E-state index in [2.05, 4.69) is 63.9 Å². The van der Waals surface area contributed by atoms with E-state index in [0.717, 1.165) is 22.6 Å². The Kier molecular flexibility index (Phi) is 7.03. The highest BCUT2D eigenvalue weighted by Gasteiger charge is 2.25. The maximum absolute atomic E-state index is 6.37. The Labute approximate surface area is 151 Å². The topological polar surface area (TPSA) is 40.6 Å². The lowest BCUT2D eigenvalue weighted by Crippen LogP contribution is -2.32. The molecule has 0 bridgehead atoms. The Bertz CT molecular complexity index is 558. The first kappa shape index (κ1) is 21.6. The summed E-state index contributed by atoms with van der Waals surface area (Å²) in [5, 5.41) is 0. The molecule has 0 spiro atoms. The summed E-state index contributed by atoms with van der Waals surface area (Å²) in [6.45, 7) is 23.0. The van der Waals surface area contributed by atoms with Crippen LogP contribution in [0.2, 0.25) is 58.9 Å². The Hall–Kier alpha value is -0.479. The van der Waals surface area contributed by atoms with Gasteiger partial charge in [0.15, 0.2) is 16.6 Å². The highest BCUT2D eigenvalue weighted by Crippen LogP contribution is 2.30. The Morgan fingerprint density at radius 1 is 0.792 bits per heavy atom. The number of rotatable bonds is 8. The van der Waals surface area contributed by atoms with Crippen LogP contribution in [0.5, 0.6) is 5.75 Å². The van der Waals surface area contributed by atoms with E-state index in [1.807, 2.05) is 13.1 Å². The van der Waals surface area contributed by atoms with Gasteiger partial charge in [-0.15, -0.1) is 0 Å². The molecule has 138 valence electrons. The van der Waals surface area contributed by atoms with E-state index in [9.17, 15) is 0 Å². The van der Waals surface area contributed by atoms with Crippen molar-refractivity contribution in [3.8, 4) is 5.75 Å². The van der Waals surface area contributed by atoms with Crippen LogP contribution >= 0.6 is 0 Å². The second-order valence-electron chi connectivity index (χ2n) is 9.19. The minimum absolute atomic E-state index is 0.573. The number of hydrogen-bond donors (Lipinski definition) is 0. The zero-order chi connectivity index (χ0) is 18.8. The average Bonchev–Trinajstić information content (AvgIpc) is 2.34. The van der Waals surface area contributed by atoms with Gasteiger partial charge in [0.05, 0.1) is 18.9 Å². The van der Waals surface area contributed by atoms with E-state index in [-0.39, 0.29) is 0 Å². The van der Waals surface area contributed by atoms with E-state index in [4.69, 9.17) is 13.3 Å². The summed E-state index contributed by atoms with van der Waals surface area (Å²) < 4.78 is 18.7. The maximum atomic E-state index is 6.37. The molecule has 0 amide bonds. The van der Waals surface area contributed by atoms with Crippen LogP contribution in [0.3, 0.4) is 0 Å². The first-order valence-corrected chi connectivity index (χ1v) is 18.8. The lowest BCUT2D eigenvalue weighted by atomic mass is 10.1. The number of aryl methyl sites for hydroxylation is 1. The zero-order valence-corrected chi connectivity index (χ0v) is 20.2. The fraction of sp³-hybridized carbons (Fsp3) is 0.706. The highest BCUT2D eigenvalue weighted by atomic mass is 28.4. The van der Waals surface area contributed by atoms with Gasteiger partial charge in [-0.25, -0.2) is 0 Å². The number of pyridine rings is 1. The van der Waals surface area contributed by atoms with Crippen molar-refractivity contribution in [3.63, 3.8) is 0 Å². The molecule has 1 rings (SSSR count). The van der Waals surface area contributed by atoms with Crippen LogP contribution < -0.4 is 4.43 Å². The van der Waals surface area contributed by atoms with Gasteiger partial charge in [-0.3, -0.25) is 4.98 Å². The van der Waals surface area contributed by atoms with Gasteiger partial charge in [0.25, 0.3) is 0 Å². The van der Waals surface area contributed by atoms with Crippen molar-refractivity contribution in [3.05, 3.63) is 23.0 Å². The van der Waals surface area contributed by atoms with E-state index in [1.165, 1.54) is 0 Å². The van der Waals surface area contributed by atoms with E-state index in [1.54, 1.807) is 0 Å². The van der Waals surface area contributed by atoms with Gasteiger partial charge in [0.1, 0.15) is 5.75 Å². The normalized spacial score (nSPS) is 13.2. The third kappa shape index (κ3) is 8.07. The van der Waals surface area contributed by atoms with Gasteiger partial charge in [0.2, 0.25) is 8.32 Å². The van der Waals surface area contributed by atoms with Crippen molar-refractivity contribution in [2.24, 2.45) is 0 Å². The first-order valence-electron chi connectivity index (χ1n) is 8.62. The Morgan fingerprint density at radius 2 is 1.29 bits per heavy atom. The number of nitrogens with zero attached hydrogens (tertiary/aromatic N) is 1. The fourth-order valence-electron chi connectivity index (χ4n) is 1.98. The van der Waals surface area contributed by atoms with Gasteiger partial charge in [0, 0.05) is 17.3 Å². The molecule has 4 nitrogen and oxygen atoms in total. The summed E-state index contributed by atoms with van der Waals surface area (Å²) in [5.74, 6) is 0.907. The average molecular weight is 386 g/mol. The van der Waals surface area contributed by atoms with E-state index in [0.29, 0.717) is 13.2 Å². The molecule has 0 aliphatic rings. The SMILES string of the molecule is Cc1ncc(CO[Si](C)(C)C)c(CO[Si](C)(C)C)c1O[Si](C)(C)C. The van der Waals surface area contributed by atoms with Crippen LogP contribution in [0, 0.1) is 6.92 Å². The van der Waals surface area contributed by atoms with Crippen molar-refractivity contribution in [2.75, 3.05) is 0 Å². The minimum Gasteiger partial charge on any atom is -0.543 e. The smallest absolute Gasteiger partial charge is 0.242 e. The largest absolute Gasteiger partial charge is 0.543 e. The summed E-state index contributed by atoms with van der Waals surface area (Å²) in [6, 6.07) is 0. The van der Waals surface area contributed by atoms with Crippen molar-refractivity contribution >= 4 is 25.0 Å². The third-order valence-corrected chi connectivity index (χ3v) is 5.96. The summed E-state index contributed by atoms with van der Waals surface area (Å²) in [7, 11) is -4.95. The second-order valence-corrected chi connectivity index (χ2v) is 22.6. The van der Waals surface area contributed by atoms with Crippen molar-refractivity contribution < 1.29 is 13.3 Å². The van der Waals surface area contributed by atoms with Crippen LogP contribution in [-0.4, -0.2) is 29.9 Å². The molecule has 0 aromatic carbocycles. The molecule has 0 aliphatic heterocycles. The molecule has 0 radical (unpaired) electrons. The molecule has 0 unspecified atom stereocenters. The van der Waals surface area contributed by atoms with E-state index < -0.39 is 25.0 Å². The Balaban J connectivity index is 3.23. The molecule has 24 heavy (non-hydrogen) atoms. The Morgan fingerprint density at radius 3 is 1.75 bits per heavy atom. The van der Waals surface area contributed by atoms with Crippen LogP contribution in [0.4, 0.5) is 0 Å². The van der Waals surface area contributed by atoms with Crippen molar-refractivity contribution in [1.82, 2.24) is 4.98 Å². The number of aromatic nitrogens is 1. The second kappa shape index (κ2) is 7.82. The minimum atomic E-state index is -1.73. The molecule has 0 N–H and O–H groups in total. The van der Waals surface area contributed by atoms with Gasteiger partial charge < -0.3 is 13.3 Å². The molecule has 1 aromatic rings. The standard InChI is InChI=1S/C17H35NO3Si3/c1-14-17(21-24(8,9)10)16(13-20-23(5,6)7)15(11-18-14)12-19-22(2,3)4/h11H,12-13H2,1-10H3. The quantitative estimate of drug-likeness (QED) is 0.569. The van der Waals surface area contributed by atoms with Crippen LogP contribution in [0.1, 0.15) is 16.8 Å². The van der Waals surface area contributed by atoms with Gasteiger partial charge in [-0.1, -0.05) is 0 Å². The highest BCUT2D eigenvalue weighted by molar-refractivity contribution is 6.70. The van der Waals surface area contributed by atoms with Crippen LogP contribution in [0.15, 0.2) is 6.20 Å². The molecule has 0 fully saturated rings. The molecule has 0 atom stereocenters. The zero-order valence-electron chi connectivity index (χ0n) is 17.2. The predicted molar refractivity (Wildman–Crippen MR) is 109 cm³/mol. The van der Waals surface area contributed by atoms with Gasteiger partial charge in [-0.2, -0.15) is 0 Å². The molecule has 1 aromatic heterocycles. The van der Waals surface area contributed by atoms with Crippen LogP contribution in [0.25, 0.3) is 0 Å². The van der Waals surface area contributed by atoms with Crippen LogP contribution in [-0.2, 0) is 22.1 Å². The fourth-order valence-corrected chi connectivity index (χ4v) is 4.03. The summed E-state index contributed by atoms with van der Waals surface area (Å²) in [5.41, 5.74) is 3.14. The molecular formula is C17H35NO3Si3. The van der Waals surface area contributed by atoms with Crippen molar-refractivity contribution in [1.29, 1.82) is 0 Å². The van der Waals surface area contributed by atoms with E-state index >= 15 is 0 Å². The summed E-state index contributed by atoms with van der Waals surface area (Å²) in [6.07, 6.45) is 1.93. The monoisotopic (exact) mass is 385 g/mol. The lowest BCUT2D eigenvalue weighted by molar-refractivity contribution is 0.274. The van der Waals surface area contributed by atoms with Gasteiger partial charge >= 0.3 is 0 Å². The first-order chi connectivity index (χ1) is 10.7. The molecule has 0 saturated carbocycles.